The number of ether oxygens (including phenoxy) is 4. The molecular formula is C69H107N11O13. The van der Waals surface area contributed by atoms with Crippen molar-refractivity contribution in [2.45, 2.75) is 181 Å². The molecule has 4 rings (SSSR count). The molecule has 9 N–H and O–H groups in total. The van der Waals surface area contributed by atoms with E-state index >= 15 is 0 Å². The molecule has 1 aliphatic rings. The van der Waals surface area contributed by atoms with Gasteiger partial charge in [-0.15, -0.1) is 0 Å². The van der Waals surface area contributed by atoms with Gasteiger partial charge >= 0.3 is 18.1 Å². The molecule has 1 saturated heterocycles. The van der Waals surface area contributed by atoms with Crippen molar-refractivity contribution in [1.82, 2.24) is 36.0 Å². The number of nitrogens with zero attached hydrogens (tertiary/aromatic N) is 4. The average molecular weight is 1300 g/mol. The monoisotopic (exact) mass is 1300 g/mol. The number of likely N-dealkylation sites (N-methyl/N-ethyl adjacent to an activating group) is 2. The normalized spacial score (nSPS) is 16.4. The first kappa shape index (κ1) is 77.8. The van der Waals surface area contributed by atoms with Crippen molar-refractivity contribution in [2.75, 3.05) is 72.3 Å². The SMILES string of the molecule is CC[C@H](C)[C@@H]([C@@H](CC(=O)N1CCC[C@H]1[C@H](OC)[C@@H](C)C(=O)N[C@@H](Cc1ccccc1)C(=O)OC)OC)N(C)C(=O)[C@@H](NC(=O)[C@H](C(C)C)N(C)CCc1ccc(N(C)C(=O)OCc2ccc(NC(=O)[C@H](CCCCNC(N)=O)NC(=O)[C@@H](N)C(C)C)cc2)cc1)C(C)C. The Morgan fingerprint density at radius 3 is 1.90 bits per heavy atom. The van der Waals surface area contributed by atoms with Crippen molar-refractivity contribution in [2.24, 2.45) is 41.1 Å². The number of methoxy groups -OCH3 is 3. The number of hydrogen-bond donors (Lipinski definition) is 7. The van der Waals surface area contributed by atoms with Gasteiger partial charge < -0.3 is 66.8 Å². The van der Waals surface area contributed by atoms with E-state index in [2.05, 4.69) is 26.6 Å². The number of nitrogens with one attached hydrogen (secondary N) is 5. The van der Waals surface area contributed by atoms with E-state index < -0.39 is 96.2 Å². The second-order valence-electron chi connectivity index (χ2n) is 25.6. The van der Waals surface area contributed by atoms with Crippen molar-refractivity contribution < 1.29 is 62.1 Å². The molecule has 0 radical (unpaired) electrons. The number of primary amides is 1. The highest BCUT2D eigenvalue weighted by molar-refractivity contribution is 5.98. The summed E-state index contributed by atoms with van der Waals surface area (Å²) in [7, 11) is 9.52. The van der Waals surface area contributed by atoms with Crippen LogP contribution in [0.3, 0.4) is 0 Å². The topological polar surface area (TPSA) is 316 Å². The molecule has 516 valence electrons. The van der Waals surface area contributed by atoms with Crippen LogP contribution in [0.5, 0.6) is 0 Å². The van der Waals surface area contributed by atoms with Gasteiger partial charge in [0.2, 0.25) is 35.4 Å². The zero-order valence-corrected chi connectivity index (χ0v) is 57.5. The molecule has 1 aliphatic heterocycles. The summed E-state index contributed by atoms with van der Waals surface area (Å²) < 4.78 is 22.8. The third-order valence-corrected chi connectivity index (χ3v) is 17.8. The molecule has 1 fully saturated rings. The van der Waals surface area contributed by atoms with Crippen molar-refractivity contribution >= 4 is 64.9 Å². The average Bonchev–Trinajstić information content (AvgIpc) is 1.88. The molecule has 11 atom stereocenters. The van der Waals surface area contributed by atoms with Crippen LogP contribution in [0.4, 0.5) is 21.0 Å². The van der Waals surface area contributed by atoms with Crippen LogP contribution in [0.25, 0.3) is 0 Å². The van der Waals surface area contributed by atoms with Gasteiger partial charge in [-0.25, -0.2) is 14.4 Å². The Hall–Kier alpha value is -7.67. The first-order valence-corrected chi connectivity index (χ1v) is 32.6. The second kappa shape index (κ2) is 38.5. The van der Waals surface area contributed by atoms with Gasteiger partial charge in [0.25, 0.3) is 0 Å². The summed E-state index contributed by atoms with van der Waals surface area (Å²) in [5, 5.41) is 14.1. The van der Waals surface area contributed by atoms with E-state index in [1.165, 1.54) is 26.2 Å². The van der Waals surface area contributed by atoms with Crippen LogP contribution < -0.4 is 43.0 Å². The molecule has 0 unspecified atom stereocenters. The summed E-state index contributed by atoms with van der Waals surface area (Å²) in [6.45, 7) is 18.3. The minimum Gasteiger partial charge on any atom is -0.467 e. The van der Waals surface area contributed by atoms with Crippen LogP contribution >= 0.6 is 0 Å². The summed E-state index contributed by atoms with van der Waals surface area (Å²) in [6, 6.07) is 17.8. The molecule has 3 aromatic carbocycles. The molecule has 0 aliphatic carbocycles. The number of rotatable bonds is 37. The maximum atomic E-state index is 14.8. The van der Waals surface area contributed by atoms with Crippen molar-refractivity contribution in [1.29, 1.82) is 0 Å². The fourth-order valence-corrected chi connectivity index (χ4v) is 11.9. The Labute approximate surface area is 551 Å². The molecule has 0 saturated carbocycles. The number of benzene rings is 3. The number of likely N-dealkylation sites (tertiary alicyclic amines) is 1. The number of carbonyl (C=O) groups is 9. The van der Waals surface area contributed by atoms with Crippen LogP contribution in [0.15, 0.2) is 78.9 Å². The lowest BCUT2D eigenvalue weighted by molar-refractivity contribution is -0.149. The summed E-state index contributed by atoms with van der Waals surface area (Å²) in [5.74, 6) is -4.14. The zero-order valence-electron chi connectivity index (χ0n) is 57.5. The van der Waals surface area contributed by atoms with E-state index in [1.807, 2.05) is 122 Å². The van der Waals surface area contributed by atoms with Crippen LogP contribution in [-0.2, 0) is 72.0 Å². The van der Waals surface area contributed by atoms with Gasteiger partial charge in [0.1, 0.15) is 24.7 Å². The van der Waals surface area contributed by atoms with E-state index in [9.17, 15) is 43.2 Å². The van der Waals surface area contributed by atoms with Crippen LogP contribution in [0, 0.1) is 29.6 Å². The molecule has 0 spiro atoms. The number of anilines is 2. The Balaban J connectivity index is 1.35. The van der Waals surface area contributed by atoms with E-state index in [1.54, 1.807) is 55.1 Å². The van der Waals surface area contributed by atoms with Crippen LogP contribution in [0.2, 0.25) is 0 Å². The highest BCUT2D eigenvalue weighted by atomic mass is 16.6. The summed E-state index contributed by atoms with van der Waals surface area (Å²) >= 11 is 0. The third-order valence-electron chi connectivity index (χ3n) is 17.8. The smallest absolute Gasteiger partial charge is 0.414 e. The number of nitrogens with two attached hydrogens (primary N) is 2. The molecule has 1 heterocycles. The highest BCUT2D eigenvalue weighted by Gasteiger charge is 2.44. The highest BCUT2D eigenvalue weighted by Crippen LogP contribution is 2.30. The molecule has 0 aromatic heterocycles. The Morgan fingerprint density at radius 1 is 0.699 bits per heavy atom. The van der Waals surface area contributed by atoms with Crippen molar-refractivity contribution in [3.05, 3.63) is 95.6 Å². The lowest BCUT2D eigenvalue weighted by Gasteiger charge is -2.41. The van der Waals surface area contributed by atoms with Crippen LogP contribution in [0.1, 0.15) is 124 Å². The third kappa shape index (κ3) is 23.4. The Kier molecular flexibility index (Phi) is 32.2. The first-order chi connectivity index (χ1) is 44.1. The van der Waals surface area contributed by atoms with Gasteiger partial charge in [0.15, 0.2) is 0 Å². The van der Waals surface area contributed by atoms with Gasteiger partial charge in [-0.1, -0.05) is 123 Å². The van der Waals surface area contributed by atoms with Crippen LogP contribution in [-0.4, -0.2) is 185 Å². The fraction of sp³-hybridized carbons (Fsp3) is 0.609. The number of carbonyl (C=O) groups excluding carboxylic acids is 9. The molecule has 0 bridgehead atoms. The minimum absolute atomic E-state index is 0.0440. The fourth-order valence-electron chi connectivity index (χ4n) is 11.9. The van der Waals surface area contributed by atoms with Crippen molar-refractivity contribution in [3.63, 3.8) is 0 Å². The summed E-state index contributed by atoms with van der Waals surface area (Å²) in [6.07, 6.45) is 2.03. The van der Waals surface area contributed by atoms with Gasteiger partial charge in [0, 0.05) is 65.7 Å². The maximum absolute atomic E-state index is 14.8. The summed E-state index contributed by atoms with van der Waals surface area (Å²) in [4.78, 5) is 128. The number of amides is 9. The van der Waals surface area contributed by atoms with Crippen molar-refractivity contribution in [3.8, 4) is 0 Å². The predicted molar refractivity (Wildman–Crippen MR) is 358 cm³/mol. The Morgan fingerprint density at radius 2 is 1.33 bits per heavy atom. The van der Waals surface area contributed by atoms with Gasteiger partial charge in [-0.2, -0.15) is 0 Å². The van der Waals surface area contributed by atoms with E-state index in [-0.39, 0.29) is 60.8 Å². The maximum Gasteiger partial charge on any atom is 0.414 e. The number of hydrogen-bond acceptors (Lipinski definition) is 15. The molecule has 9 amide bonds. The number of unbranched alkanes of at least 4 members (excludes halogenated alkanes) is 1. The standard InChI is InChI=1S/C69H107N11O13/c1-16-45(8)60(55(90-13)40-56(81)80-37-22-26-54(80)61(91-14)46(9)62(82)75-53(67(87)92-15)39-48-23-18-17-19-24-48)79(12)66(86)58(43(4)5)76-65(85)59(44(6)7)77(10)38-35-47-29-33-51(34-30-47)78(11)69(89)93-41-49-27-31-50(32-28-49)73-63(83)52(25-20-21-36-72-68(71)88)74-64(84)57(70)42(2)3/h17-19,23-24,27-34,42-46,52-55,57-61H,16,20-22,25-26,35-41,70H2,1-15H3,(H,73,83)(H,74,84)(H,75,82)(H,76,85)(H3,71,72,88)/t45-,46+,52-,53-,54-,55+,57-,58-,59-,60-,61+/m0/s1. The van der Waals surface area contributed by atoms with Gasteiger partial charge in [-0.05, 0) is 110 Å². The second-order valence-corrected chi connectivity index (χ2v) is 25.6. The molecule has 3 aromatic rings. The predicted octanol–water partition coefficient (Wildman–Crippen LogP) is 6.17. The lowest BCUT2D eigenvalue weighted by atomic mass is 9.89. The Bertz CT molecular complexity index is 2880. The lowest BCUT2D eigenvalue weighted by Crippen LogP contribution is -2.60. The van der Waals surface area contributed by atoms with Gasteiger partial charge in [0.05, 0.1) is 55.8 Å². The van der Waals surface area contributed by atoms with Gasteiger partial charge in [-0.3, -0.25) is 38.6 Å². The molecule has 24 nitrogen and oxygen atoms in total. The molecular weight excluding hydrogens is 1190 g/mol. The number of esters is 1. The minimum atomic E-state index is -0.932. The van der Waals surface area contributed by atoms with E-state index in [4.69, 9.17) is 30.4 Å². The summed E-state index contributed by atoms with van der Waals surface area (Å²) in [5.41, 5.74) is 14.8. The molecule has 24 heteroatoms. The largest absolute Gasteiger partial charge is 0.467 e. The van der Waals surface area contributed by atoms with E-state index in [0.717, 1.165) is 11.1 Å². The zero-order chi connectivity index (χ0) is 69.2. The van der Waals surface area contributed by atoms with E-state index in [0.29, 0.717) is 81.5 Å². The molecule has 93 heavy (non-hydrogen) atoms. The number of urea groups is 1. The first-order valence-electron chi connectivity index (χ1n) is 32.6. The quantitative estimate of drug-likeness (QED) is 0.0251.